The smallest absolute Gasteiger partial charge is 0.258 e. The van der Waals surface area contributed by atoms with Gasteiger partial charge in [0.05, 0.1) is 11.1 Å². The van der Waals surface area contributed by atoms with Crippen LogP contribution in [-0.2, 0) is 5.75 Å². The summed E-state index contributed by atoms with van der Waals surface area (Å²) in [5, 5.41) is 24.4. The van der Waals surface area contributed by atoms with E-state index in [0.29, 0.717) is 21.5 Å². The molecule has 0 atom stereocenters. The number of aromatic nitrogens is 3. The summed E-state index contributed by atoms with van der Waals surface area (Å²) in [5.41, 5.74) is 1.46. The Kier molecular flexibility index (Phi) is 5.87. The molecule has 7 nitrogen and oxygen atoms in total. The van der Waals surface area contributed by atoms with E-state index in [9.17, 15) is 10.1 Å². The second-order valence-electron chi connectivity index (χ2n) is 5.09. The molecule has 0 aliphatic carbocycles. The fraction of sp³-hybridized carbons (Fsp3) is 0.0625. The lowest BCUT2D eigenvalue weighted by atomic mass is 10.2. The van der Waals surface area contributed by atoms with Gasteiger partial charge in [0, 0.05) is 22.4 Å². The Morgan fingerprint density at radius 1 is 1.23 bits per heavy atom. The molecule has 0 radical (unpaired) electrons. The quantitative estimate of drug-likeness (QED) is 0.256. The summed E-state index contributed by atoms with van der Waals surface area (Å²) in [6.07, 6.45) is 2.95. The van der Waals surface area contributed by atoms with E-state index in [4.69, 9.17) is 23.2 Å². The van der Waals surface area contributed by atoms with Gasteiger partial charge in [-0.15, -0.1) is 10.2 Å². The molecule has 0 aliphatic rings. The predicted octanol–water partition coefficient (Wildman–Crippen LogP) is 4.67. The number of nitro groups is 1. The van der Waals surface area contributed by atoms with Gasteiger partial charge in [-0.25, -0.2) is 0 Å². The SMILES string of the molecule is O=[N+]([O-])c1cc(C=Nn2cnnc2SCc2ccc(Cl)cc2)ccc1Cl. The molecule has 0 fully saturated rings. The van der Waals surface area contributed by atoms with Crippen LogP contribution in [0.3, 0.4) is 0 Å². The molecule has 26 heavy (non-hydrogen) atoms. The molecule has 0 saturated heterocycles. The second kappa shape index (κ2) is 8.31. The molecule has 0 spiro atoms. The minimum atomic E-state index is -0.536. The zero-order chi connectivity index (χ0) is 18.5. The maximum Gasteiger partial charge on any atom is 0.288 e. The van der Waals surface area contributed by atoms with Crippen LogP contribution in [0.1, 0.15) is 11.1 Å². The Hall–Kier alpha value is -2.42. The third-order valence-electron chi connectivity index (χ3n) is 3.28. The van der Waals surface area contributed by atoms with Crippen LogP contribution < -0.4 is 0 Å². The third-order valence-corrected chi connectivity index (χ3v) is 4.86. The lowest BCUT2D eigenvalue weighted by Gasteiger charge is -2.02. The molecule has 132 valence electrons. The van der Waals surface area contributed by atoms with Gasteiger partial charge in [0.2, 0.25) is 5.16 Å². The molecular formula is C16H11Cl2N5O2S. The Morgan fingerprint density at radius 3 is 2.73 bits per heavy atom. The average molecular weight is 408 g/mol. The van der Waals surface area contributed by atoms with Crippen LogP contribution in [-0.4, -0.2) is 26.0 Å². The Morgan fingerprint density at radius 2 is 2.00 bits per heavy atom. The van der Waals surface area contributed by atoms with Crippen LogP contribution in [0, 0.1) is 10.1 Å². The van der Waals surface area contributed by atoms with Crippen molar-refractivity contribution in [3.63, 3.8) is 0 Å². The largest absolute Gasteiger partial charge is 0.288 e. The Labute approximate surface area is 162 Å². The highest BCUT2D eigenvalue weighted by Crippen LogP contribution is 2.25. The fourth-order valence-electron chi connectivity index (χ4n) is 2.00. The maximum absolute atomic E-state index is 10.9. The van der Waals surface area contributed by atoms with Crippen molar-refractivity contribution < 1.29 is 4.92 Å². The highest BCUT2D eigenvalue weighted by atomic mass is 35.5. The van der Waals surface area contributed by atoms with E-state index in [1.165, 1.54) is 41.1 Å². The van der Waals surface area contributed by atoms with Crippen molar-refractivity contribution in [2.24, 2.45) is 5.10 Å². The van der Waals surface area contributed by atoms with Gasteiger partial charge in [-0.1, -0.05) is 53.2 Å². The molecule has 3 rings (SSSR count). The normalized spacial score (nSPS) is 11.2. The van der Waals surface area contributed by atoms with Crippen molar-refractivity contribution in [2.45, 2.75) is 10.9 Å². The van der Waals surface area contributed by atoms with E-state index in [-0.39, 0.29) is 10.7 Å². The molecule has 0 amide bonds. The van der Waals surface area contributed by atoms with Gasteiger partial charge in [0.15, 0.2) is 0 Å². The number of benzene rings is 2. The monoisotopic (exact) mass is 407 g/mol. The Bertz CT molecular complexity index is 960. The standard InChI is InChI=1S/C16H11Cl2N5O2S/c17-13-4-1-11(2-5-13)9-26-16-21-19-10-22(16)20-8-12-3-6-14(18)15(7-12)23(24)25/h1-8,10H,9H2. The first-order chi connectivity index (χ1) is 12.5. The van der Waals surface area contributed by atoms with Crippen molar-refractivity contribution in [2.75, 3.05) is 0 Å². The van der Waals surface area contributed by atoms with Crippen LogP contribution in [0.4, 0.5) is 5.69 Å². The molecule has 2 aromatic carbocycles. The Balaban J connectivity index is 1.72. The van der Waals surface area contributed by atoms with Gasteiger partial charge < -0.3 is 0 Å². The molecule has 1 heterocycles. The lowest BCUT2D eigenvalue weighted by molar-refractivity contribution is -0.384. The first kappa shape index (κ1) is 18.4. The van der Waals surface area contributed by atoms with E-state index < -0.39 is 4.92 Å². The minimum Gasteiger partial charge on any atom is -0.258 e. The van der Waals surface area contributed by atoms with E-state index >= 15 is 0 Å². The first-order valence-electron chi connectivity index (χ1n) is 7.28. The number of thioether (sulfide) groups is 1. The van der Waals surface area contributed by atoms with Crippen LogP contribution in [0.5, 0.6) is 0 Å². The third kappa shape index (κ3) is 4.60. The van der Waals surface area contributed by atoms with Crippen LogP contribution in [0.15, 0.2) is 59.0 Å². The highest BCUT2D eigenvalue weighted by molar-refractivity contribution is 7.98. The molecule has 0 saturated carbocycles. The topological polar surface area (TPSA) is 86.2 Å². The molecule has 0 N–H and O–H groups in total. The molecule has 0 bridgehead atoms. The van der Waals surface area contributed by atoms with Crippen molar-refractivity contribution in [3.05, 3.63) is 80.1 Å². The van der Waals surface area contributed by atoms with E-state index in [1.807, 2.05) is 24.3 Å². The number of halogens is 2. The fourth-order valence-corrected chi connectivity index (χ4v) is 3.13. The number of rotatable bonds is 6. The highest BCUT2D eigenvalue weighted by Gasteiger charge is 2.12. The van der Waals surface area contributed by atoms with Gasteiger partial charge in [0.1, 0.15) is 11.3 Å². The van der Waals surface area contributed by atoms with E-state index in [0.717, 1.165) is 5.56 Å². The first-order valence-corrected chi connectivity index (χ1v) is 9.02. The van der Waals surface area contributed by atoms with Crippen LogP contribution >= 0.6 is 35.0 Å². The second-order valence-corrected chi connectivity index (χ2v) is 6.87. The zero-order valence-electron chi connectivity index (χ0n) is 13.1. The lowest BCUT2D eigenvalue weighted by Crippen LogP contribution is -1.94. The number of nitro benzene ring substituents is 1. The van der Waals surface area contributed by atoms with Gasteiger partial charge in [-0.2, -0.15) is 9.78 Å². The van der Waals surface area contributed by atoms with E-state index in [2.05, 4.69) is 15.3 Å². The minimum absolute atomic E-state index is 0.0793. The predicted molar refractivity (Wildman–Crippen MR) is 102 cm³/mol. The summed E-state index contributed by atoms with van der Waals surface area (Å²) >= 11 is 13.1. The maximum atomic E-state index is 10.9. The molecule has 0 unspecified atom stereocenters. The summed E-state index contributed by atoms with van der Waals surface area (Å²) in [6.45, 7) is 0. The van der Waals surface area contributed by atoms with Crippen molar-refractivity contribution >= 4 is 46.9 Å². The van der Waals surface area contributed by atoms with E-state index in [1.54, 1.807) is 6.07 Å². The van der Waals surface area contributed by atoms with Crippen LogP contribution in [0.2, 0.25) is 10.0 Å². The summed E-state index contributed by atoms with van der Waals surface area (Å²) in [5.74, 6) is 0.678. The van der Waals surface area contributed by atoms with Gasteiger partial charge >= 0.3 is 0 Å². The van der Waals surface area contributed by atoms with Gasteiger partial charge in [0.25, 0.3) is 5.69 Å². The van der Waals surface area contributed by atoms with Crippen LogP contribution in [0.25, 0.3) is 0 Å². The van der Waals surface area contributed by atoms with Gasteiger partial charge in [-0.05, 0) is 23.8 Å². The summed E-state index contributed by atoms with van der Waals surface area (Å²) in [4.78, 5) is 10.4. The number of hydrogen-bond donors (Lipinski definition) is 0. The average Bonchev–Trinajstić information content (AvgIpc) is 3.08. The number of nitrogens with zero attached hydrogens (tertiary/aromatic N) is 5. The summed E-state index contributed by atoms with van der Waals surface area (Å²) in [6, 6.07) is 12.0. The molecule has 1 aromatic heterocycles. The number of hydrogen-bond acceptors (Lipinski definition) is 6. The van der Waals surface area contributed by atoms with Gasteiger partial charge in [-0.3, -0.25) is 10.1 Å². The van der Waals surface area contributed by atoms with Crippen molar-refractivity contribution in [1.82, 2.24) is 14.9 Å². The van der Waals surface area contributed by atoms with Crippen molar-refractivity contribution in [1.29, 1.82) is 0 Å². The summed E-state index contributed by atoms with van der Waals surface area (Å²) < 4.78 is 1.50. The summed E-state index contributed by atoms with van der Waals surface area (Å²) in [7, 11) is 0. The molecular weight excluding hydrogens is 397 g/mol. The zero-order valence-corrected chi connectivity index (χ0v) is 15.4. The molecule has 10 heteroatoms. The molecule has 3 aromatic rings. The molecule has 0 aliphatic heterocycles. The van der Waals surface area contributed by atoms with Crippen molar-refractivity contribution in [3.8, 4) is 0 Å².